The van der Waals surface area contributed by atoms with Gasteiger partial charge >= 0.3 is 6.09 Å². The first kappa shape index (κ1) is 28.4. The molecule has 2 unspecified atom stereocenters. The third-order valence-electron chi connectivity index (χ3n) is 5.25. The van der Waals surface area contributed by atoms with E-state index in [1.165, 1.54) is 18.1 Å². The average Bonchev–Trinajstić information content (AvgIpc) is 2.81. The van der Waals surface area contributed by atoms with Crippen LogP contribution >= 0.6 is 0 Å². The van der Waals surface area contributed by atoms with Crippen LogP contribution in [0.3, 0.4) is 0 Å². The molecule has 2 aromatic rings. The summed E-state index contributed by atoms with van der Waals surface area (Å²) in [6, 6.07) is 8.83. The molecule has 3 amide bonds. The van der Waals surface area contributed by atoms with E-state index >= 15 is 0 Å². The molecule has 0 saturated heterocycles. The van der Waals surface area contributed by atoms with Gasteiger partial charge in [-0.05, 0) is 82.1 Å². The van der Waals surface area contributed by atoms with Gasteiger partial charge in [0.25, 0.3) is 5.91 Å². The highest BCUT2D eigenvalue weighted by molar-refractivity contribution is 5.99. The number of rotatable bonds is 9. The quantitative estimate of drug-likeness (QED) is 0.414. The van der Waals surface area contributed by atoms with Crippen molar-refractivity contribution >= 4 is 23.6 Å². The molecule has 2 atom stereocenters. The maximum atomic E-state index is 13.5. The highest BCUT2D eigenvalue weighted by Gasteiger charge is 2.35. The van der Waals surface area contributed by atoms with E-state index in [1.807, 2.05) is 0 Å². The number of carbonyl (C=O) groups excluding carboxylic acids is 3. The number of benzene rings is 2. The Morgan fingerprint density at radius 1 is 1.08 bits per heavy atom. The molecule has 0 aliphatic rings. The van der Waals surface area contributed by atoms with Crippen molar-refractivity contribution in [3.8, 4) is 11.5 Å². The lowest BCUT2D eigenvalue weighted by Crippen LogP contribution is -2.53. The van der Waals surface area contributed by atoms with Gasteiger partial charge < -0.3 is 35.2 Å². The van der Waals surface area contributed by atoms with Crippen LogP contribution in [-0.4, -0.2) is 64.9 Å². The number of phenolic OH excluding ortho intramolecular Hbond substituents is 1. The molecule has 196 valence electrons. The van der Waals surface area contributed by atoms with Crippen LogP contribution in [0.25, 0.3) is 0 Å². The van der Waals surface area contributed by atoms with Crippen LogP contribution in [0, 0.1) is 6.92 Å². The van der Waals surface area contributed by atoms with E-state index in [4.69, 9.17) is 9.47 Å². The third-order valence-corrected chi connectivity index (χ3v) is 5.25. The second-order valence-corrected chi connectivity index (χ2v) is 9.17. The minimum absolute atomic E-state index is 0.0438. The first-order valence-electron chi connectivity index (χ1n) is 11.6. The molecule has 2 aromatic carbocycles. The normalized spacial score (nSPS) is 12.8. The number of anilines is 1. The Balaban J connectivity index is 2.41. The molecule has 0 aliphatic heterocycles. The van der Waals surface area contributed by atoms with Crippen molar-refractivity contribution in [1.29, 1.82) is 0 Å². The molecule has 2 rings (SSSR count). The van der Waals surface area contributed by atoms with Gasteiger partial charge in [-0.1, -0.05) is 6.07 Å². The summed E-state index contributed by atoms with van der Waals surface area (Å²) in [5.74, 6) is -0.536. The average molecular weight is 502 g/mol. The van der Waals surface area contributed by atoms with Crippen LogP contribution in [0.1, 0.15) is 44.9 Å². The number of carbonyl (C=O) groups is 3. The molecule has 0 bridgehead atoms. The van der Waals surface area contributed by atoms with Crippen LogP contribution in [-0.2, 0) is 14.3 Å². The Kier molecular flexibility index (Phi) is 9.68. The number of aliphatic hydroxyl groups is 1. The van der Waals surface area contributed by atoms with Gasteiger partial charge in [-0.25, -0.2) is 4.79 Å². The molecular weight excluding hydrogens is 466 g/mol. The van der Waals surface area contributed by atoms with E-state index in [9.17, 15) is 24.6 Å². The van der Waals surface area contributed by atoms with E-state index in [-0.39, 0.29) is 12.3 Å². The smallest absolute Gasteiger partial charge is 0.408 e. The van der Waals surface area contributed by atoms with Gasteiger partial charge in [0.15, 0.2) is 0 Å². The van der Waals surface area contributed by atoms with Crippen LogP contribution in [0.2, 0.25) is 0 Å². The molecule has 0 aromatic heterocycles. The summed E-state index contributed by atoms with van der Waals surface area (Å²) < 4.78 is 10.3. The summed E-state index contributed by atoms with van der Waals surface area (Å²) in [5.41, 5.74) is 0.641. The molecule has 4 N–H and O–H groups in total. The van der Waals surface area contributed by atoms with E-state index in [1.54, 1.807) is 71.0 Å². The molecule has 10 nitrogen and oxygen atoms in total. The van der Waals surface area contributed by atoms with Crippen molar-refractivity contribution in [2.45, 2.75) is 52.3 Å². The van der Waals surface area contributed by atoms with E-state index < -0.39 is 42.2 Å². The van der Waals surface area contributed by atoms with Crippen molar-refractivity contribution in [3.63, 3.8) is 0 Å². The number of likely N-dealkylation sites (N-methyl/N-ethyl adjacent to an activating group) is 1. The van der Waals surface area contributed by atoms with Gasteiger partial charge in [-0.2, -0.15) is 0 Å². The maximum absolute atomic E-state index is 13.5. The molecular formula is C26H35N3O7. The lowest BCUT2D eigenvalue weighted by molar-refractivity contribution is -0.141. The van der Waals surface area contributed by atoms with Crippen molar-refractivity contribution < 1.29 is 34.1 Å². The summed E-state index contributed by atoms with van der Waals surface area (Å²) in [4.78, 5) is 40.5. The summed E-state index contributed by atoms with van der Waals surface area (Å²) >= 11 is 0. The molecule has 10 heteroatoms. The van der Waals surface area contributed by atoms with Crippen LogP contribution in [0.4, 0.5) is 10.5 Å². The number of aromatic hydroxyl groups is 1. The van der Waals surface area contributed by atoms with Crippen LogP contribution in [0.15, 0.2) is 42.5 Å². The zero-order chi connectivity index (χ0) is 27.0. The minimum Gasteiger partial charge on any atom is -0.508 e. The predicted octanol–water partition coefficient (Wildman–Crippen LogP) is 3.12. The maximum Gasteiger partial charge on any atom is 0.408 e. The number of phenols is 1. The zero-order valence-corrected chi connectivity index (χ0v) is 21.5. The van der Waals surface area contributed by atoms with Gasteiger partial charge in [0.05, 0.1) is 13.7 Å². The Bertz CT molecular complexity index is 1060. The standard InChI is InChI=1S/C26H35N3O7/c1-7-29(24(33)20(15-30)28-25(34)36-26(3,4)5)22(17-8-13-21(31)16(2)14-17)23(32)27-18-9-11-19(35-6)12-10-18/h8-14,20,22,30-31H,7,15H2,1-6H3,(H,27,32)(H,28,34). The second kappa shape index (κ2) is 12.3. The molecule has 0 saturated carbocycles. The van der Waals surface area contributed by atoms with Crippen molar-refractivity contribution in [2.75, 3.05) is 25.6 Å². The number of ether oxygens (including phenoxy) is 2. The molecule has 0 fully saturated rings. The monoisotopic (exact) mass is 501 g/mol. The van der Waals surface area contributed by atoms with Gasteiger partial charge in [0.2, 0.25) is 5.91 Å². The Hall–Kier alpha value is -3.79. The van der Waals surface area contributed by atoms with Crippen molar-refractivity contribution in [1.82, 2.24) is 10.2 Å². The number of aliphatic hydroxyl groups excluding tert-OH is 1. The Labute approximate surface area is 211 Å². The topological polar surface area (TPSA) is 137 Å². The number of aryl methyl sites for hydroxylation is 1. The van der Waals surface area contributed by atoms with Gasteiger partial charge in [0, 0.05) is 12.2 Å². The number of nitrogens with zero attached hydrogens (tertiary/aromatic N) is 1. The first-order valence-corrected chi connectivity index (χ1v) is 11.6. The zero-order valence-electron chi connectivity index (χ0n) is 21.5. The number of alkyl carbamates (subject to hydrolysis) is 1. The van der Waals surface area contributed by atoms with Crippen LogP contribution < -0.4 is 15.4 Å². The minimum atomic E-state index is -1.34. The highest BCUT2D eigenvalue weighted by Crippen LogP contribution is 2.28. The summed E-state index contributed by atoms with van der Waals surface area (Å²) in [6.07, 6.45) is -0.870. The van der Waals surface area contributed by atoms with Crippen LogP contribution in [0.5, 0.6) is 11.5 Å². The van der Waals surface area contributed by atoms with E-state index in [0.29, 0.717) is 22.6 Å². The van der Waals surface area contributed by atoms with Gasteiger partial charge in [0.1, 0.15) is 29.2 Å². The number of hydrogen-bond donors (Lipinski definition) is 4. The molecule has 0 aliphatic carbocycles. The van der Waals surface area contributed by atoms with Crippen molar-refractivity contribution in [3.05, 3.63) is 53.6 Å². The fourth-order valence-electron chi connectivity index (χ4n) is 3.51. The van der Waals surface area contributed by atoms with Gasteiger partial charge in [-0.3, -0.25) is 9.59 Å². The summed E-state index contributed by atoms with van der Waals surface area (Å²) in [6.45, 7) is 7.77. The summed E-state index contributed by atoms with van der Waals surface area (Å²) in [5, 5.41) is 25.0. The fraction of sp³-hybridized carbons (Fsp3) is 0.423. The number of methoxy groups -OCH3 is 1. The largest absolute Gasteiger partial charge is 0.508 e. The third kappa shape index (κ3) is 7.61. The van der Waals surface area contributed by atoms with E-state index in [0.717, 1.165) is 0 Å². The number of nitrogens with one attached hydrogen (secondary N) is 2. The first-order chi connectivity index (χ1) is 16.9. The lowest BCUT2D eigenvalue weighted by atomic mass is 10.00. The molecule has 0 heterocycles. The Morgan fingerprint density at radius 2 is 1.72 bits per heavy atom. The van der Waals surface area contributed by atoms with Crippen molar-refractivity contribution in [2.24, 2.45) is 0 Å². The summed E-state index contributed by atoms with van der Waals surface area (Å²) in [7, 11) is 1.53. The van der Waals surface area contributed by atoms with Gasteiger partial charge in [-0.15, -0.1) is 0 Å². The molecule has 0 radical (unpaired) electrons. The number of amides is 3. The fourth-order valence-corrected chi connectivity index (χ4v) is 3.51. The predicted molar refractivity (Wildman–Crippen MR) is 135 cm³/mol. The second-order valence-electron chi connectivity index (χ2n) is 9.17. The van der Waals surface area contributed by atoms with E-state index in [2.05, 4.69) is 10.6 Å². The Morgan fingerprint density at radius 3 is 2.22 bits per heavy atom. The highest BCUT2D eigenvalue weighted by atomic mass is 16.6. The lowest BCUT2D eigenvalue weighted by Gasteiger charge is -2.33. The molecule has 0 spiro atoms. The number of hydrogen-bond acceptors (Lipinski definition) is 7. The molecule has 36 heavy (non-hydrogen) atoms. The SMILES string of the molecule is CCN(C(=O)C(CO)NC(=O)OC(C)(C)C)C(C(=O)Nc1ccc(OC)cc1)c1ccc(O)c(C)c1.